The number of aliphatic hydroxyl groups excluding tert-OH is 1. The van der Waals surface area contributed by atoms with Crippen LogP contribution in [-0.2, 0) is 13.2 Å². The van der Waals surface area contributed by atoms with Crippen molar-refractivity contribution in [1.29, 1.82) is 0 Å². The minimum absolute atomic E-state index is 0. The zero-order valence-corrected chi connectivity index (χ0v) is 18.5. The first kappa shape index (κ1) is 24.0. The van der Waals surface area contributed by atoms with Crippen LogP contribution in [0.25, 0.3) is 0 Å². The van der Waals surface area contributed by atoms with Gasteiger partial charge in [-0.25, -0.2) is 0 Å². The first-order chi connectivity index (χ1) is 14.2. The van der Waals surface area contributed by atoms with Crippen molar-refractivity contribution in [2.24, 2.45) is 0 Å². The van der Waals surface area contributed by atoms with E-state index in [1.807, 2.05) is 79.7 Å². The zero-order chi connectivity index (χ0) is 20.5. The second-order valence-electron chi connectivity index (χ2n) is 6.67. The molecule has 0 fully saturated rings. The van der Waals surface area contributed by atoms with Crippen molar-refractivity contribution in [2.45, 2.75) is 26.2 Å². The molecule has 3 aromatic carbocycles. The normalized spacial score (nSPS) is 11.4. The summed E-state index contributed by atoms with van der Waals surface area (Å²) >= 11 is 6.49. The Hall–Kier alpha value is -2.24. The summed E-state index contributed by atoms with van der Waals surface area (Å²) in [6, 6.07) is 23.3. The van der Waals surface area contributed by atoms with Crippen molar-refractivity contribution in [3.05, 3.63) is 94.5 Å². The van der Waals surface area contributed by atoms with Gasteiger partial charge in [-0.05, 0) is 35.7 Å². The molecular formula is C24H27Cl2NO3. The zero-order valence-electron chi connectivity index (χ0n) is 16.9. The standard InChI is InChI=1S/C24H26ClNO3.ClH/c1-2-28-23-14-19(15-26-16-22(27)20-11-7-4-8-12-20)13-21(25)24(23)29-17-18-9-5-3-6-10-18;/h3-14,22,26-27H,2,15-17H2,1H3;1H. The molecule has 3 aromatic rings. The lowest BCUT2D eigenvalue weighted by Crippen LogP contribution is -2.21. The van der Waals surface area contributed by atoms with E-state index < -0.39 is 6.10 Å². The SMILES string of the molecule is CCOc1cc(CNCC(O)c2ccccc2)cc(Cl)c1OCc1ccccc1.Cl. The molecule has 6 heteroatoms. The van der Waals surface area contributed by atoms with E-state index in [2.05, 4.69) is 5.32 Å². The Bertz CT molecular complexity index is 892. The summed E-state index contributed by atoms with van der Waals surface area (Å²) in [7, 11) is 0. The molecule has 0 saturated carbocycles. The van der Waals surface area contributed by atoms with Gasteiger partial charge in [0.1, 0.15) is 6.61 Å². The van der Waals surface area contributed by atoms with E-state index in [0.717, 1.165) is 16.7 Å². The molecule has 0 radical (unpaired) electrons. The Labute approximate surface area is 189 Å². The summed E-state index contributed by atoms with van der Waals surface area (Å²) < 4.78 is 11.7. The highest BCUT2D eigenvalue weighted by Crippen LogP contribution is 2.37. The van der Waals surface area contributed by atoms with Gasteiger partial charge < -0.3 is 19.9 Å². The van der Waals surface area contributed by atoms with Crippen LogP contribution in [0, 0.1) is 0 Å². The van der Waals surface area contributed by atoms with Crippen molar-refractivity contribution < 1.29 is 14.6 Å². The van der Waals surface area contributed by atoms with Gasteiger partial charge in [-0.1, -0.05) is 72.3 Å². The van der Waals surface area contributed by atoms with E-state index in [-0.39, 0.29) is 12.4 Å². The number of hydrogen-bond acceptors (Lipinski definition) is 4. The van der Waals surface area contributed by atoms with E-state index in [9.17, 15) is 5.11 Å². The van der Waals surface area contributed by atoms with Crippen LogP contribution >= 0.6 is 24.0 Å². The molecule has 0 saturated heterocycles. The molecule has 1 atom stereocenters. The van der Waals surface area contributed by atoms with Crippen molar-refractivity contribution >= 4 is 24.0 Å². The highest BCUT2D eigenvalue weighted by Gasteiger charge is 2.14. The summed E-state index contributed by atoms with van der Waals surface area (Å²) in [4.78, 5) is 0. The van der Waals surface area contributed by atoms with Gasteiger partial charge in [0.25, 0.3) is 0 Å². The predicted molar refractivity (Wildman–Crippen MR) is 124 cm³/mol. The maximum Gasteiger partial charge on any atom is 0.180 e. The molecule has 0 spiro atoms. The van der Waals surface area contributed by atoms with Gasteiger partial charge in [-0.15, -0.1) is 12.4 Å². The highest BCUT2D eigenvalue weighted by molar-refractivity contribution is 6.32. The molecule has 0 aliphatic carbocycles. The van der Waals surface area contributed by atoms with Crippen LogP contribution in [0.2, 0.25) is 5.02 Å². The number of nitrogens with one attached hydrogen (secondary N) is 1. The van der Waals surface area contributed by atoms with Crippen molar-refractivity contribution in [2.75, 3.05) is 13.2 Å². The molecule has 4 nitrogen and oxygen atoms in total. The van der Waals surface area contributed by atoms with Crippen LogP contribution in [0.15, 0.2) is 72.8 Å². The fourth-order valence-electron chi connectivity index (χ4n) is 3.00. The van der Waals surface area contributed by atoms with Crippen molar-refractivity contribution in [3.63, 3.8) is 0 Å². The first-order valence-corrected chi connectivity index (χ1v) is 10.1. The van der Waals surface area contributed by atoms with E-state index >= 15 is 0 Å². The summed E-state index contributed by atoms with van der Waals surface area (Å²) in [6.07, 6.45) is -0.563. The molecule has 1 unspecified atom stereocenters. The van der Waals surface area contributed by atoms with E-state index in [1.54, 1.807) is 0 Å². The topological polar surface area (TPSA) is 50.7 Å². The van der Waals surface area contributed by atoms with Crippen LogP contribution < -0.4 is 14.8 Å². The van der Waals surface area contributed by atoms with E-state index in [4.69, 9.17) is 21.1 Å². The van der Waals surface area contributed by atoms with Gasteiger partial charge in [0.2, 0.25) is 0 Å². The monoisotopic (exact) mass is 447 g/mol. The third-order valence-corrected chi connectivity index (χ3v) is 4.73. The maximum absolute atomic E-state index is 10.3. The van der Waals surface area contributed by atoms with Gasteiger partial charge in [0.15, 0.2) is 11.5 Å². The van der Waals surface area contributed by atoms with E-state index in [0.29, 0.717) is 42.8 Å². The maximum atomic E-state index is 10.3. The number of ether oxygens (including phenoxy) is 2. The number of hydrogen-bond donors (Lipinski definition) is 2. The van der Waals surface area contributed by atoms with Crippen molar-refractivity contribution in [1.82, 2.24) is 5.32 Å². The summed E-state index contributed by atoms with van der Waals surface area (Å²) in [5.74, 6) is 1.17. The van der Waals surface area contributed by atoms with Crippen LogP contribution in [0.5, 0.6) is 11.5 Å². The third kappa shape index (κ3) is 6.92. The lowest BCUT2D eigenvalue weighted by atomic mass is 10.1. The smallest absolute Gasteiger partial charge is 0.180 e. The molecule has 3 rings (SSSR count). The third-order valence-electron chi connectivity index (χ3n) is 4.45. The summed E-state index contributed by atoms with van der Waals surface area (Å²) in [5, 5.41) is 14.1. The molecule has 0 aromatic heterocycles. The molecule has 0 amide bonds. The van der Waals surface area contributed by atoms with Gasteiger partial charge in [0, 0.05) is 13.1 Å². The molecule has 2 N–H and O–H groups in total. The fourth-order valence-corrected chi connectivity index (χ4v) is 3.29. The molecule has 30 heavy (non-hydrogen) atoms. The van der Waals surface area contributed by atoms with Crippen LogP contribution in [0.1, 0.15) is 29.7 Å². The second-order valence-corrected chi connectivity index (χ2v) is 7.08. The van der Waals surface area contributed by atoms with Crippen LogP contribution in [0.3, 0.4) is 0 Å². The van der Waals surface area contributed by atoms with Gasteiger partial charge >= 0.3 is 0 Å². The Balaban J connectivity index is 0.00000320. The average Bonchev–Trinajstić information content (AvgIpc) is 2.74. The second kappa shape index (κ2) is 12.5. The predicted octanol–water partition coefficient (Wildman–Crippen LogP) is 5.56. The molecule has 0 bridgehead atoms. The van der Waals surface area contributed by atoms with E-state index in [1.165, 1.54) is 0 Å². The lowest BCUT2D eigenvalue weighted by Gasteiger charge is -2.16. The van der Waals surface area contributed by atoms with Gasteiger partial charge in [-0.3, -0.25) is 0 Å². The van der Waals surface area contributed by atoms with Gasteiger partial charge in [-0.2, -0.15) is 0 Å². The minimum Gasteiger partial charge on any atom is -0.490 e. The summed E-state index contributed by atoms with van der Waals surface area (Å²) in [6.45, 7) is 3.86. The Morgan fingerprint density at radius 2 is 1.60 bits per heavy atom. The number of benzene rings is 3. The number of rotatable bonds is 10. The molecular weight excluding hydrogens is 421 g/mol. The van der Waals surface area contributed by atoms with Crippen LogP contribution in [0.4, 0.5) is 0 Å². The molecule has 0 heterocycles. The largest absolute Gasteiger partial charge is 0.490 e. The van der Waals surface area contributed by atoms with Crippen molar-refractivity contribution in [3.8, 4) is 11.5 Å². The number of halogens is 2. The number of aliphatic hydroxyl groups is 1. The van der Waals surface area contributed by atoms with Gasteiger partial charge in [0.05, 0.1) is 17.7 Å². The van der Waals surface area contributed by atoms with Crippen LogP contribution in [-0.4, -0.2) is 18.3 Å². The molecule has 160 valence electrons. The Kier molecular flexibility index (Phi) is 9.98. The summed E-state index contributed by atoms with van der Waals surface area (Å²) in [5.41, 5.74) is 2.91. The Morgan fingerprint density at radius 1 is 0.933 bits per heavy atom. The fraction of sp³-hybridized carbons (Fsp3) is 0.250. The first-order valence-electron chi connectivity index (χ1n) is 9.73. The Morgan fingerprint density at radius 3 is 2.27 bits per heavy atom. The highest BCUT2D eigenvalue weighted by atomic mass is 35.5. The average molecular weight is 448 g/mol. The molecule has 0 aliphatic heterocycles. The quantitative estimate of drug-likeness (QED) is 0.426. The minimum atomic E-state index is -0.563. The lowest BCUT2D eigenvalue weighted by molar-refractivity contribution is 0.174. The molecule has 0 aliphatic rings.